The van der Waals surface area contributed by atoms with E-state index in [-0.39, 0.29) is 11.4 Å². The molecule has 2 nitrogen and oxygen atoms in total. The van der Waals surface area contributed by atoms with Gasteiger partial charge in [0.05, 0.1) is 12.5 Å². The summed E-state index contributed by atoms with van der Waals surface area (Å²) in [6.07, 6.45) is 4.80. The molecule has 3 unspecified atom stereocenters. The highest BCUT2D eigenvalue weighted by Gasteiger charge is 2.67. The summed E-state index contributed by atoms with van der Waals surface area (Å²) >= 11 is 0. The maximum atomic E-state index is 11.5. The fourth-order valence-electron chi connectivity index (χ4n) is 3.06. The van der Waals surface area contributed by atoms with E-state index in [1.807, 2.05) is 0 Å². The fraction of sp³-hybridized carbons (Fsp3) is 0.900. The molecule has 2 heteroatoms. The van der Waals surface area contributed by atoms with Crippen LogP contribution in [0, 0.1) is 17.3 Å². The summed E-state index contributed by atoms with van der Waals surface area (Å²) in [7, 11) is 1.51. The third-order valence-corrected chi connectivity index (χ3v) is 3.89. The van der Waals surface area contributed by atoms with E-state index >= 15 is 0 Å². The molecule has 0 aliphatic heterocycles. The molecule has 0 spiro atoms. The minimum absolute atomic E-state index is 0.0414. The lowest BCUT2D eigenvalue weighted by Gasteiger charge is -2.18. The Labute approximate surface area is 73.3 Å². The summed E-state index contributed by atoms with van der Waals surface area (Å²) in [6.45, 7) is 2.19. The van der Waals surface area contributed by atoms with Gasteiger partial charge < -0.3 is 4.74 Å². The van der Waals surface area contributed by atoms with Gasteiger partial charge in [-0.15, -0.1) is 0 Å². The van der Waals surface area contributed by atoms with Crippen LogP contribution in [-0.4, -0.2) is 13.1 Å². The molecule has 2 aliphatic rings. The molecule has 0 amide bonds. The van der Waals surface area contributed by atoms with Crippen molar-refractivity contribution >= 4 is 5.97 Å². The van der Waals surface area contributed by atoms with Crippen molar-refractivity contribution in [3.63, 3.8) is 0 Å². The van der Waals surface area contributed by atoms with Gasteiger partial charge in [-0.05, 0) is 24.7 Å². The van der Waals surface area contributed by atoms with Crippen LogP contribution in [0.2, 0.25) is 0 Å². The minimum Gasteiger partial charge on any atom is -0.469 e. The normalized spacial score (nSPS) is 44.8. The number of rotatable bonds is 1. The first kappa shape index (κ1) is 8.09. The largest absolute Gasteiger partial charge is 0.469 e. The van der Waals surface area contributed by atoms with Crippen molar-refractivity contribution in [1.29, 1.82) is 0 Å². The maximum absolute atomic E-state index is 11.5. The van der Waals surface area contributed by atoms with Crippen LogP contribution >= 0.6 is 0 Å². The van der Waals surface area contributed by atoms with Crippen LogP contribution in [0.4, 0.5) is 0 Å². The van der Waals surface area contributed by atoms with E-state index in [1.54, 1.807) is 0 Å². The third kappa shape index (κ3) is 0.782. The van der Waals surface area contributed by atoms with Gasteiger partial charge >= 0.3 is 5.97 Å². The molecule has 0 heterocycles. The number of ether oxygens (including phenoxy) is 1. The van der Waals surface area contributed by atoms with E-state index < -0.39 is 0 Å². The molecular weight excluding hydrogens is 152 g/mol. The Bertz CT molecular complexity index is 212. The van der Waals surface area contributed by atoms with E-state index in [4.69, 9.17) is 4.74 Å². The second-order valence-corrected chi connectivity index (χ2v) is 4.17. The number of carbonyl (C=O) groups is 1. The quantitative estimate of drug-likeness (QED) is 0.560. The molecule has 2 rings (SSSR count). The molecule has 0 aromatic heterocycles. The summed E-state index contributed by atoms with van der Waals surface area (Å²) in [4.78, 5) is 11.5. The first-order chi connectivity index (χ1) is 5.73. The first-order valence-corrected chi connectivity index (χ1v) is 4.82. The Balaban J connectivity index is 2.15. The number of hydrogen-bond donors (Lipinski definition) is 0. The first-order valence-electron chi connectivity index (χ1n) is 4.82. The van der Waals surface area contributed by atoms with Gasteiger partial charge in [0.1, 0.15) is 0 Å². The van der Waals surface area contributed by atoms with Gasteiger partial charge in [0, 0.05) is 0 Å². The standard InChI is InChI=1S/C10H16O2/c1-7-8-5-3-4-6-10(7,8)9(11)12-2/h7-8H,3-6H2,1-2H3. The van der Waals surface area contributed by atoms with Crippen molar-refractivity contribution in [2.45, 2.75) is 32.6 Å². The number of hydrogen-bond acceptors (Lipinski definition) is 2. The fourth-order valence-corrected chi connectivity index (χ4v) is 3.06. The van der Waals surface area contributed by atoms with E-state index in [1.165, 1.54) is 26.4 Å². The molecule has 0 aromatic rings. The second kappa shape index (κ2) is 2.48. The van der Waals surface area contributed by atoms with Gasteiger partial charge in [-0.1, -0.05) is 19.8 Å². The molecular formula is C10H16O2. The van der Waals surface area contributed by atoms with Gasteiger partial charge in [0.2, 0.25) is 0 Å². The predicted molar refractivity (Wildman–Crippen MR) is 45.6 cm³/mol. The molecule has 3 atom stereocenters. The molecule has 68 valence electrons. The molecule has 2 saturated carbocycles. The van der Waals surface area contributed by atoms with Gasteiger partial charge in [-0.3, -0.25) is 4.79 Å². The Morgan fingerprint density at radius 3 is 2.83 bits per heavy atom. The van der Waals surface area contributed by atoms with Crippen LogP contribution in [0.25, 0.3) is 0 Å². The maximum Gasteiger partial charge on any atom is 0.312 e. The second-order valence-electron chi connectivity index (χ2n) is 4.17. The lowest BCUT2D eigenvalue weighted by molar-refractivity contribution is -0.149. The average Bonchev–Trinajstić information content (AvgIpc) is 2.73. The summed E-state index contributed by atoms with van der Waals surface area (Å²) in [5.74, 6) is 1.26. The highest BCUT2D eigenvalue weighted by atomic mass is 16.5. The Morgan fingerprint density at radius 2 is 2.25 bits per heavy atom. The van der Waals surface area contributed by atoms with Crippen LogP contribution in [0.15, 0.2) is 0 Å². The molecule has 0 N–H and O–H groups in total. The van der Waals surface area contributed by atoms with Crippen molar-refractivity contribution < 1.29 is 9.53 Å². The molecule has 0 saturated heterocycles. The molecule has 12 heavy (non-hydrogen) atoms. The summed E-state index contributed by atoms with van der Waals surface area (Å²) in [6, 6.07) is 0. The van der Waals surface area contributed by atoms with Crippen LogP contribution in [0.3, 0.4) is 0 Å². The zero-order chi connectivity index (χ0) is 8.77. The van der Waals surface area contributed by atoms with E-state index in [0.29, 0.717) is 11.8 Å². The minimum atomic E-state index is -0.0486. The number of methoxy groups -OCH3 is 1. The molecule has 0 aromatic carbocycles. The van der Waals surface area contributed by atoms with Gasteiger partial charge in [-0.25, -0.2) is 0 Å². The van der Waals surface area contributed by atoms with E-state index in [2.05, 4.69) is 6.92 Å². The number of esters is 1. The summed E-state index contributed by atoms with van der Waals surface area (Å²) in [5, 5.41) is 0. The Kier molecular flexibility index (Phi) is 1.67. The molecule has 2 aliphatic carbocycles. The van der Waals surface area contributed by atoms with Crippen molar-refractivity contribution in [2.24, 2.45) is 17.3 Å². The van der Waals surface area contributed by atoms with Gasteiger partial charge in [0.15, 0.2) is 0 Å². The van der Waals surface area contributed by atoms with Crippen molar-refractivity contribution in [3.8, 4) is 0 Å². The highest BCUT2D eigenvalue weighted by molar-refractivity contribution is 5.81. The zero-order valence-corrected chi connectivity index (χ0v) is 7.80. The van der Waals surface area contributed by atoms with Crippen LogP contribution in [-0.2, 0) is 9.53 Å². The average molecular weight is 168 g/mol. The molecule has 2 fully saturated rings. The van der Waals surface area contributed by atoms with Crippen LogP contribution in [0.1, 0.15) is 32.6 Å². The number of fused-ring (bicyclic) bond motifs is 1. The topological polar surface area (TPSA) is 26.3 Å². The lowest BCUT2D eigenvalue weighted by atomic mass is 9.88. The highest BCUT2D eigenvalue weighted by Crippen LogP contribution is 2.66. The van der Waals surface area contributed by atoms with Crippen molar-refractivity contribution in [2.75, 3.05) is 7.11 Å². The van der Waals surface area contributed by atoms with Crippen LogP contribution < -0.4 is 0 Å². The molecule has 0 radical (unpaired) electrons. The summed E-state index contributed by atoms with van der Waals surface area (Å²) < 4.78 is 4.87. The van der Waals surface area contributed by atoms with Gasteiger partial charge in [0.25, 0.3) is 0 Å². The summed E-state index contributed by atoms with van der Waals surface area (Å²) in [5.41, 5.74) is -0.0486. The van der Waals surface area contributed by atoms with Crippen LogP contribution in [0.5, 0.6) is 0 Å². The Hall–Kier alpha value is -0.530. The smallest absolute Gasteiger partial charge is 0.312 e. The van der Waals surface area contributed by atoms with Gasteiger partial charge in [-0.2, -0.15) is 0 Å². The monoisotopic (exact) mass is 168 g/mol. The van der Waals surface area contributed by atoms with Crippen molar-refractivity contribution in [3.05, 3.63) is 0 Å². The SMILES string of the molecule is COC(=O)C12CCCCC1C2C. The molecule has 0 bridgehead atoms. The predicted octanol–water partition coefficient (Wildman–Crippen LogP) is 1.99. The third-order valence-electron chi connectivity index (χ3n) is 3.89. The lowest BCUT2D eigenvalue weighted by Crippen LogP contribution is -2.23. The van der Waals surface area contributed by atoms with E-state index in [9.17, 15) is 4.79 Å². The Morgan fingerprint density at radius 1 is 1.50 bits per heavy atom. The van der Waals surface area contributed by atoms with E-state index in [0.717, 1.165) is 6.42 Å². The van der Waals surface area contributed by atoms with Crippen molar-refractivity contribution in [1.82, 2.24) is 0 Å². The number of carbonyl (C=O) groups excluding carboxylic acids is 1. The zero-order valence-electron chi connectivity index (χ0n) is 7.80.